The Morgan fingerprint density at radius 2 is 1.51 bits per heavy atom. The minimum Gasteiger partial charge on any atom is -0.469 e. The van der Waals surface area contributed by atoms with Crippen LogP contribution in [0, 0.1) is 0 Å². The molecule has 0 spiro atoms. The van der Waals surface area contributed by atoms with Gasteiger partial charge in [0.05, 0.1) is 17.6 Å². The van der Waals surface area contributed by atoms with Crippen molar-refractivity contribution < 1.29 is 27.2 Å². The summed E-state index contributed by atoms with van der Waals surface area (Å²) in [5.41, 5.74) is 5.62. The number of hydrazine groups is 1. The van der Waals surface area contributed by atoms with Gasteiger partial charge >= 0.3 is 6.18 Å². The van der Waals surface area contributed by atoms with Gasteiger partial charge in [0.25, 0.3) is 11.8 Å². The highest BCUT2D eigenvalue weighted by atomic mass is 79.9. The molecule has 2 heterocycles. The van der Waals surface area contributed by atoms with Gasteiger partial charge in [-0.05, 0) is 61.0 Å². The van der Waals surface area contributed by atoms with Crippen molar-refractivity contribution >= 4 is 27.7 Å². The molecular weight excluding hydrogens is 529 g/mol. The Bertz CT molecular complexity index is 1420. The van der Waals surface area contributed by atoms with E-state index in [0.717, 1.165) is 4.47 Å². The average Bonchev–Trinajstić information content (AvgIpc) is 3.47. The Kier molecular flexibility index (Phi) is 5.72. The number of halogens is 4. The topological polar surface area (TPSA) is 89.2 Å². The zero-order valence-corrected chi connectivity index (χ0v) is 19.4. The average molecular weight is 545 g/mol. The van der Waals surface area contributed by atoms with Crippen LogP contribution in [-0.4, -0.2) is 21.6 Å². The number of carbonyl (C=O) groups excluding carboxylic acids is 2. The van der Waals surface area contributed by atoms with Gasteiger partial charge in [0.15, 0.2) is 5.69 Å². The molecular formula is C24H16BrF3N4O3. The van der Waals surface area contributed by atoms with Crippen molar-refractivity contribution in [2.24, 2.45) is 0 Å². The van der Waals surface area contributed by atoms with E-state index < -0.39 is 23.7 Å². The van der Waals surface area contributed by atoms with Gasteiger partial charge in [-0.15, -0.1) is 0 Å². The van der Waals surface area contributed by atoms with E-state index in [-0.39, 0.29) is 17.5 Å². The second kappa shape index (κ2) is 8.73. The standard InChI is InChI=1S/C24H16BrF3N4O3/c25-15-5-1-13(2-6-15)22(33)29-30-23(34)14-3-7-16(8-4-14)32-20-17-11-12-35-19(17)10-9-18(20)21(31-32)24(26,27)28/h1-8,11-12H,9-10H2,(H,29,33)(H,30,34). The van der Waals surface area contributed by atoms with E-state index in [2.05, 4.69) is 31.9 Å². The Morgan fingerprint density at radius 1 is 0.914 bits per heavy atom. The molecule has 0 saturated carbocycles. The molecule has 2 amide bonds. The van der Waals surface area contributed by atoms with Crippen LogP contribution >= 0.6 is 15.9 Å². The number of nitrogens with one attached hydrogen (secondary N) is 2. The van der Waals surface area contributed by atoms with E-state index in [1.807, 2.05) is 0 Å². The quantitative estimate of drug-likeness (QED) is 0.352. The summed E-state index contributed by atoms with van der Waals surface area (Å²) in [7, 11) is 0. The molecule has 0 unspecified atom stereocenters. The summed E-state index contributed by atoms with van der Waals surface area (Å²) >= 11 is 3.28. The maximum atomic E-state index is 13.7. The Balaban J connectivity index is 1.38. The molecule has 0 bridgehead atoms. The molecule has 35 heavy (non-hydrogen) atoms. The molecule has 4 aromatic rings. The van der Waals surface area contributed by atoms with E-state index in [0.29, 0.717) is 34.7 Å². The van der Waals surface area contributed by atoms with Crippen molar-refractivity contribution in [3.05, 3.63) is 93.5 Å². The fourth-order valence-electron chi connectivity index (χ4n) is 3.98. The number of rotatable bonds is 3. The molecule has 2 N–H and O–H groups in total. The highest BCUT2D eigenvalue weighted by Gasteiger charge is 2.41. The predicted molar refractivity (Wildman–Crippen MR) is 123 cm³/mol. The normalized spacial score (nSPS) is 12.6. The summed E-state index contributed by atoms with van der Waals surface area (Å²) in [6.45, 7) is 0. The lowest BCUT2D eigenvalue weighted by Gasteiger charge is -2.15. The number of fused-ring (bicyclic) bond motifs is 3. The van der Waals surface area contributed by atoms with Crippen molar-refractivity contribution in [3.8, 4) is 16.9 Å². The lowest BCUT2D eigenvalue weighted by Crippen LogP contribution is -2.41. The lowest BCUT2D eigenvalue weighted by atomic mass is 9.94. The van der Waals surface area contributed by atoms with E-state index in [9.17, 15) is 22.8 Å². The maximum Gasteiger partial charge on any atom is 0.435 e. The van der Waals surface area contributed by atoms with Gasteiger partial charge in [-0.3, -0.25) is 20.4 Å². The summed E-state index contributed by atoms with van der Waals surface area (Å²) in [5, 5.41) is 3.87. The third kappa shape index (κ3) is 4.34. The van der Waals surface area contributed by atoms with Gasteiger partial charge < -0.3 is 4.42 Å². The number of aromatic nitrogens is 2. The van der Waals surface area contributed by atoms with E-state index in [1.165, 1.54) is 35.2 Å². The molecule has 5 rings (SSSR count). The number of benzene rings is 2. The molecule has 1 aliphatic rings. The lowest BCUT2D eigenvalue weighted by molar-refractivity contribution is -0.142. The minimum absolute atomic E-state index is 0.115. The molecule has 1 aliphatic carbocycles. The first kappa shape index (κ1) is 22.9. The summed E-state index contributed by atoms with van der Waals surface area (Å²) in [4.78, 5) is 24.6. The van der Waals surface area contributed by atoms with Crippen LogP contribution in [0.4, 0.5) is 13.2 Å². The smallest absolute Gasteiger partial charge is 0.435 e. The van der Waals surface area contributed by atoms with E-state index in [4.69, 9.17) is 4.42 Å². The molecule has 0 aliphatic heterocycles. The number of hydrogen-bond acceptors (Lipinski definition) is 4. The first-order chi connectivity index (χ1) is 16.7. The van der Waals surface area contributed by atoms with Crippen LogP contribution in [0.1, 0.15) is 37.7 Å². The summed E-state index contributed by atoms with van der Waals surface area (Å²) in [6.07, 6.45) is -2.65. The second-order valence-corrected chi connectivity index (χ2v) is 8.72. The fraction of sp³-hybridized carbons (Fsp3) is 0.125. The molecule has 0 fully saturated rings. The van der Waals surface area contributed by atoms with Gasteiger partial charge in [-0.2, -0.15) is 18.3 Å². The maximum absolute atomic E-state index is 13.7. The number of nitrogens with zero attached hydrogens (tertiary/aromatic N) is 2. The Labute approximate surface area is 205 Å². The fourth-order valence-corrected chi connectivity index (χ4v) is 4.24. The number of alkyl halides is 3. The van der Waals surface area contributed by atoms with Crippen molar-refractivity contribution in [1.82, 2.24) is 20.6 Å². The molecule has 2 aromatic heterocycles. The van der Waals surface area contributed by atoms with Crippen LogP contribution in [0.2, 0.25) is 0 Å². The van der Waals surface area contributed by atoms with Gasteiger partial charge in [0.2, 0.25) is 0 Å². The first-order valence-corrected chi connectivity index (χ1v) is 11.2. The number of aryl methyl sites for hydroxylation is 1. The number of furan rings is 1. The van der Waals surface area contributed by atoms with E-state index in [1.54, 1.807) is 30.3 Å². The first-order valence-electron chi connectivity index (χ1n) is 10.4. The van der Waals surface area contributed by atoms with Gasteiger partial charge in [-0.25, -0.2) is 4.68 Å². The third-order valence-electron chi connectivity index (χ3n) is 5.62. The molecule has 0 saturated heterocycles. The molecule has 0 atom stereocenters. The predicted octanol–water partition coefficient (Wildman–Crippen LogP) is 5.09. The van der Waals surface area contributed by atoms with Gasteiger partial charge in [-0.1, -0.05) is 15.9 Å². The summed E-state index contributed by atoms with van der Waals surface area (Å²) < 4.78 is 48.5. The van der Waals surface area contributed by atoms with Crippen LogP contribution in [0.3, 0.4) is 0 Å². The molecule has 7 nitrogen and oxygen atoms in total. The Morgan fingerprint density at radius 3 is 2.11 bits per heavy atom. The Hall–Kier alpha value is -3.86. The van der Waals surface area contributed by atoms with Crippen LogP contribution in [0.5, 0.6) is 0 Å². The molecule has 0 radical (unpaired) electrons. The molecule has 178 valence electrons. The summed E-state index contributed by atoms with van der Waals surface area (Å²) in [6, 6.07) is 14.1. The van der Waals surface area contributed by atoms with Crippen LogP contribution in [0.15, 0.2) is 69.8 Å². The minimum atomic E-state index is -4.61. The van der Waals surface area contributed by atoms with Crippen LogP contribution in [0.25, 0.3) is 16.9 Å². The third-order valence-corrected chi connectivity index (χ3v) is 6.15. The monoisotopic (exact) mass is 544 g/mol. The van der Waals surface area contributed by atoms with Crippen LogP contribution < -0.4 is 10.9 Å². The summed E-state index contributed by atoms with van der Waals surface area (Å²) in [5.74, 6) is -0.483. The largest absolute Gasteiger partial charge is 0.469 e. The second-order valence-electron chi connectivity index (χ2n) is 7.80. The molecule has 11 heteroatoms. The number of hydrogen-bond donors (Lipinski definition) is 2. The highest BCUT2D eigenvalue weighted by molar-refractivity contribution is 9.10. The van der Waals surface area contributed by atoms with Crippen molar-refractivity contribution in [1.29, 1.82) is 0 Å². The van der Waals surface area contributed by atoms with Crippen molar-refractivity contribution in [2.75, 3.05) is 0 Å². The SMILES string of the molecule is O=C(NNC(=O)c1ccc(-n2nc(C(F)(F)F)c3c2-c2ccoc2CC3)cc1)c1ccc(Br)cc1. The number of amides is 2. The van der Waals surface area contributed by atoms with Crippen molar-refractivity contribution in [3.63, 3.8) is 0 Å². The zero-order chi connectivity index (χ0) is 24.7. The zero-order valence-electron chi connectivity index (χ0n) is 17.8. The van der Waals surface area contributed by atoms with Crippen LogP contribution in [-0.2, 0) is 19.0 Å². The highest BCUT2D eigenvalue weighted by Crippen LogP contribution is 2.42. The van der Waals surface area contributed by atoms with E-state index >= 15 is 0 Å². The van der Waals surface area contributed by atoms with Gasteiger partial charge in [0, 0.05) is 33.1 Å². The number of carbonyl (C=O) groups is 2. The molecule has 2 aromatic carbocycles. The van der Waals surface area contributed by atoms with Crippen molar-refractivity contribution in [2.45, 2.75) is 19.0 Å². The van der Waals surface area contributed by atoms with Gasteiger partial charge in [0.1, 0.15) is 5.76 Å².